The molecule has 0 bridgehead atoms. The molecule has 1 nitrogen and oxygen atoms in total. The van der Waals surface area contributed by atoms with E-state index in [9.17, 15) is 0 Å². The summed E-state index contributed by atoms with van der Waals surface area (Å²) >= 11 is 3.74. The van der Waals surface area contributed by atoms with Gasteiger partial charge >= 0.3 is 0 Å². The molecule has 2 atom stereocenters. The number of pyridine rings is 1. The van der Waals surface area contributed by atoms with Gasteiger partial charge in [0.1, 0.15) is 0 Å². The Hall–Kier alpha value is -0.370. The molecule has 1 rings (SSSR count). The standard InChI is InChI=1S/C12H18BrN/c1-3-10(2)8-12(13)9-11-4-6-14-7-5-11/h4-7,10,12H,3,8-9H2,1-2H3. The Morgan fingerprint density at radius 3 is 2.57 bits per heavy atom. The van der Waals surface area contributed by atoms with Gasteiger partial charge in [0, 0.05) is 17.2 Å². The second kappa shape index (κ2) is 6.18. The van der Waals surface area contributed by atoms with Gasteiger partial charge in [-0.2, -0.15) is 0 Å². The maximum atomic E-state index is 4.01. The Balaban J connectivity index is 2.37. The number of hydrogen-bond donors (Lipinski definition) is 0. The van der Waals surface area contributed by atoms with Gasteiger partial charge in [-0.1, -0.05) is 36.2 Å². The Morgan fingerprint density at radius 1 is 1.36 bits per heavy atom. The van der Waals surface area contributed by atoms with Gasteiger partial charge in [-0.15, -0.1) is 0 Å². The Labute approximate surface area is 95.1 Å². The molecule has 0 saturated carbocycles. The van der Waals surface area contributed by atoms with Gasteiger partial charge < -0.3 is 0 Å². The zero-order valence-corrected chi connectivity index (χ0v) is 10.5. The van der Waals surface area contributed by atoms with E-state index >= 15 is 0 Å². The topological polar surface area (TPSA) is 12.9 Å². The van der Waals surface area contributed by atoms with Crippen molar-refractivity contribution in [3.05, 3.63) is 30.1 Å². The normalized spacial score (nSPS) is 15.1. The molecule has 0 aliphatic heterocycles. The number of nitrogens with zero attached hydrogens (tertiary/aromatic N) is 1. The molecule has 2 heteroatoms. The SMILES string of the molecule is CCC(C)CC(Br)Cc1ccncc1. The van der Waals surface area contributed by atoms with E-state index in [-0.39, 0.29) is 0 Å². The number of alkyl halides is 1. The van der Waals surface area contributed by atoms with Crippen LogP contribution in [-0.4, -0.2) is 9.81 Å². The van der Waals surface area contributed by atoms with Crippen LogP contribution in [0.4, 0.5) is 0 Å². The summed E-state index contributed by atoms with van der Waals surface area (Å²) in [5.41, 5.74) is 1.37. The van der Waals surface area contributed by atoms with Gasteiger partial charge in [-0.3, -0.25) is 4.98 Å². The molecule has 0 aliphatic rings. The van der Waals surface area contributed by atoms with Crippen LogP contribution >= 0.6 is 15.9 Å². The van der Waals surface area contributed by atoms with Crippen LogP contribution in [0, 0.1) is 5.92 Å². The molecule has 2 unspecified atom stereocenters. The largest absolute Gasteiger partial charge is 0.265 e. The number of rotatable bonds is 5. The third kappa shape index (κ3) is 4.23. The molecular formula is C12H18BrN. The molecule has 0 aliphatic carbocycles. The van der Waals surface area contributed by atoms with Crippen LogP contribution in [-0.2, 0) is 6.42 Å². The summed E-state index contributed by atoms with van der Waals surface area (Å²) in [4.78, 5) is 4.61. The van der Waals surface area contributed by atoms with Gasteiger partial charge in [0.15, 0.2) is 0 Å². The van der Waals surface area contributed by atoms with E-state index in [1.165, 1.54) is 18.4 Å². The molecular weight excluding hydrogens is 238 g/mol. The lowest BCUT2D eigenvalue weighted by atomic mass is 9.99. The zero-order valence-electron chi connectivity index (χ0n) is 8.91. The molecule has 1 heterocycles. The second-order valence-electron chi connectivity index (χ2n) is 3.91. The molecule has 1 aromatic rings. The van der Waals surface area contributed by atoms with Crippen molar-refractivity contribution in [1.82, 2.24) is 4.98 Å². The highest BCUT2D eigenvalue weighted by atomic mass is 79.9. The van der Waals surface area contributed by atoms with Crippen molar-refractivity contribution >= 4 is 15.9 Å². The van der Waals surface area contributed by atoms with E-state index in [2.05, 4.69) is 46.9 Å². The van der Waals surface area contributed by atoms with E-state index in [1.807, 2.05) is 12.4 Å². The van der Waals surface area contributed by atoms with Gasteiger partial charge in [0.2, 0.25) is 0 Å². The molecule has 1 aromatic heterocycles. The van der Waals surface area contributed by atoms with Crippen molar-refractivity contribution in [3.63, 3.8) is 0 Å². The predicted octanol–water partition coefficient (Wildman–Crippen LogP) is 3.82. The lowest BCUT2D eigenvalue weighted by Gasteiger charge is -2.14. The minimum absolute atomic E-state index is 0.597. The third-order valence-electron chi connectivity index (χ3n) is 2.56. The van der Waals surface area contributed by atoms with Gasteiger partial charge in [0.05, 0.1) is 0 Å². The van der Waals surface area contributed by atoms with Crippen LogP contribution in [0.5, 0.6) is 0 Å². The Morgan fingerprint density at radius 2 is 2.00 bits per heavy atom. The molecule has 0 amide bonds. The molecule has 0 fully saturated rings. The van der Waals surface area contributed by atoms with Gasteiger partial charge in [-0.25, -0.2) is 0 Å². The fourth-order valence-electron chi connectivity index (χ4n) is 1.46. The quantitative estimate of drug-likeness (QED) is 0.730. The summed E-state index contributed by atoms with van der Waals surface area (Å²) < 4.78 is 0. The summed E-state index contributed by atoms with van der Waals surface area (Å²) in [6.45, 7) is 4.55. The zero-order chi connectivity index (χ0) is 10.4. The average molecular weight is 256 g/mol. The first-order chi connectivity index (χ1) is 6.72. The predicted molar refractivity (Wildman–Crippen MR) is 64.7 cm³/mol. The number of hydrogen-bond acceptors (Lipinski definition) is 1. The summed E-state index contributed by atoms with van der Waals surface area (Å²) in [6.07, 6.45) is 7.33. The first-order valence-corrected chi connectivity index (χ1v) is 6.17. The number of halogens is 1. The molecule has 0 spiro atoms. The molecule has 78 valence electrons. The fourth-order valence-corrected chi connectivity index (χ4v) is 2.47. The van der Waals surface area contributed by atoms with Crippen LogP contribution in [0.1, 0.15) is 32.3 Å². The van der Waals surface area contributed by atoms with Crippen molar-refractivity contribution in [2.24, 2.45) is 5.92 Å². The molecule has 0 aromatic carbocycles. The minimum Gasteiger partial charge on any atom is -0.265 e. The van der Waals surface area contributed by atoms with Crippen molar-refractivity contribution in [2.45, 2.75) is 37.9 Å². The van der Waals surface area contributed by atoms with E-state index in [1.54, 1.807) is 0 Å². The number of aromatic nitrogens is 1. The Bertz CT molecular complexity index is 248. The third-order valence-corrected chi connectivity index (χ3v) is 3.26. The second-order valence-corrected chi connectivity index (χ2v) is 5.20. The van der Waals surface area contributed by atoms with Crippen LogP contribution in [0.3, 0.4) is 0 Å². The van der Waals surface area contributed by atoms with Crippen LogP contribution in [0.2, 0.25) is 0 Å². The van der Waals surface area contributed by atoms with Crippen molar-refractivity contribution in [1.29, 1.82) is 0 Å². The lowest BCUT2D eigenvalue weighted by molar-refractivity contribution is 0.507. The van der Waals surface area contributed by atoms with Crippen LogP contribution in [0.25, 0.3) is 0 Å². The first-order valence-electron chi connectivity index (χ1n) is 5.25. The summed E-state index contributed by atoms with van der Waals surface area (Å²) in [5, 5.41) is 0. The highest BCUT2D eigenvalue weighted by molar-refractivity contribution is 9.09. The Kier molecular flexibility index (Phi) is 5.16. The average Bonchev–Trinajstić information content (AvgIpc) is 2.19. The summed E-state index contributed by atoms with van der Waals surface area (Å²) in [7, 11) is 0. The minimum atomic E-state index is 0.597. The molecule has 0 radical (unpaired) electrons. The molecule has 0 saturated heterocycles. The summed E-state index contributed by atoms with van der Waals surface area (Å²) in [5.74, 6) is 0.807. The van der Waals surface area contributed by atoms with Gasteiger partial charge in [0.25, 0.3) is 0 Å². The molecule has 14 heavy (non-hydrogen) atoms. The maximum Gasteiger partial charge on any atom is 0.0270 e. The van der Waals surface area contributed by atoms with Gasteiger partial charge in [-0.05, 0) is 36.5 Å². The highest BCUT2D eigenvalue weighted by Gasteiger charge is 2.09. The van der Waals surface area contributed by atoms with E-state index in [0.29, 0.717) is 4.83 Å². The monoisotopic (exact) mass is 255 g/mol. The van der Waals surface area contributed by atoms with Crippen molar-refractivity contribution < 1.29 is 0 Å². The van der Waals surface area contributed by atoms with Crippen molar-refractivity contribution in [2.75, 3.05) is 0 Å². The summed E-state index contributed by atoms with van der Waals surface area (Å²) in [6, 6.07) is 4.18. The molecule has 0 N–H and O–H groups in total. The maximum absolute atomic E-state index is 4.01. The lowest BCUT2D eigenvalue weighted by Crippen LogP contribution is -2.07. The van der Waals surface area contributed by atoms with E-state index < -0.39 is 0 Å². The fraction of sp³-hybridized carbons (Fsp3) is 0.583. The van der Waals surface area contributed by atoms with E-state index in [0.717, 1.165) is 12.3 Å². The smallest absolute Gasteiger partial charge is 0.0270 e. The van der Waals surface area contributed by atoms with Crippen LogP contribution in [0.15, 0.2) is 24.5 Å². The van der Waals surface area contributed by atoms with Crippen LogP contribution < -0.4 is 0 Å². The highest BCUT2D eigenvalue weighted by Crippen LogP contribution is 2.19. The first kappa shape index (κ1) is 11.7. The van der Waals surface area contributed by atoms with E-state index in [4.69, 9.17) is 0 Å². The van der Waals surface area contributed by atoms with Crippen molar-refractivity contribution in [3.8, 4) is 0 Å².